The number of likely N-dealkylation sites (tertiary alicyclic amines) is 1. The van der Waals surface area contributed by atoms with Crippen molar-refractivity contribution < 1.29 is 5.11 Å². The van der Waals surface area contributed by atoms with Crippen molar-refractivity contribution in [2.75, 3.05) is 19.6 Å². The molecule has 0 aromatic heterocycles. The third kappa shape index (κ3) is 4.98. The van der Waals surface area contributed by atoms with Gasteiger partial charge in [0.15, 0.2) is 0 Å². The van der Waals surface area contributed by atoms with Crippen molar-refractivity contribution in [1.29, 1.82) is 0 Å². The van der Waals surface area contributed by atoms with Crippen LogP contribution in [-0.4, -0.2) is 35.7 Å². The Morgan fingerprint density at radius 3 is 2.40 bits per heavy atom. The fourth-order valence-corrected chi connectivity index (χ4v) is 2.14. The summed E-state index contributed by atoms with van der Waals surface area (Å²) in [5.41, 5.74) is 0.555. The summed E-state index contributed by atoms with van der Waals surface area (Å²) in [5, 5.41) is 9.45. The molecule has 0 amide bonds. The van der Waals surface area contributed by atoms with Crippen molar-refractivity contribution in [1.82, 2.24) is 4.90 Å². The molecule has 0 radical (unpaired) electrons. The van der Waals surface area contributed by atoms with Crippen LogP contribution >= 0.6 is 0 Å². The van der Waals surface area contributed by atoms with E-state index in [-0.39, 0.29) is 6.10 Å². The third-order valence-electron chi connectivity index (χ3n) is 3.69. The molecule has 2 nitrogen and oxygen atoms in total. The van der Waals surface area contributed by atoms with Crippen molar-refractivity contribution in [2.45, 2.75) is 59.0 Å². The highest BCUT2D eigenvalue weighted by molar-refractivity contribution is 4.78. The van der Waals surface area contributed by atoms with Gasteiger partial charge >= 0.3 is 0 Å². The van der Waals surface area contributed by atoms with Gasteiger partial charge in [0.2, 0.25) is 0 Å². The molecule has 2 heteroatoms. The van der Waals surface area contributed by atoms with Gasteiger partial charge in [-0.05, 0) is 57.2 Å². The second kappa shape index (κ2) is 5.86. The van der Waals surface area contributed by atoms with Gasteiger partial charge in [-0.3, -0.25) is 0 Å². The second-order valence-corrected chi connectivity index (χ2v) is 5.71. The van der Waals surface area contributed by atoms with Crippen LogP contribution in [0.1, 0.15) is 52.9 Å². The molecule has 1 aliphatic heterocycles. The average molecular weight is 213 g/mol. The van der Waals surface area contributed by atoms with Crippen LogP contribution in [0.4, 0.5) is 0 Å². The lowest BCUT2D eigenvalue weighted by Crippen LogP contribution is -2.37. The molecule has 1 rings (SSSR count). The minimum absolute atomic E-state index is 0.0776. The maximum Gasteiger partial charge on any atom is 0.0538 e. The molecule has 90 valence electrons. The standard InChI is InChI=1S/C13H27NO/c1-4-12(15)6-5-9-14-10-7-13(2,3)8-11-14/h12,15H,4-11H2,1-3H3. The van der Waals surface area contributed by atoms with E-state index < -0.39 is 0 Å². The van der Waals surface area contributed by atoms with Crippen LogP contribution < -0.4 is 0 Å². The summed E-state index contributed by atoms with van der Waals surface area (Å²) in [4.78, 5) is 2.55. The highest BCUT2D eigenvalue weighted by atomic mass is 16.3. The first-order valence-corrected chi connectivity index (χ1v) is 6.44. The highest BCUT2D eigenvalue weighted by Crippen LogP contribution is 2.29. The van der Waals surface area contributed by atoms with E-state index in [0.29, 0.717) is 5.41 Å². The van der Waals surface area contributed by atoms with E-state index in [1.165, 1.54) is 32.5 Å². The van der Waals surface area contributed by atoms with Crippen molar-refractivity contribution in [3.05, 3.63) is 0 Å². The number of aliphatic hydroxyl groups excluding tert-OH is 1. The Kier molecular flexibility index (Phi) is 5.07. The lowest BCUT2D eigenvalue weighted by Gasteiger charge is -2.37. The molecule has 0 saturated carbocycles. The summed E-state index contributed by atoms with van der Waals surface area (Å²) >= 11 is 0. The second-order valence-electron chi connectivity index (χ2n) is 5.71. The average Bonchev–Trinajstić information content (AvgIpc) is 2.20. The van der Waals surface area contributed by atoms with E-state index in [2.05, 4.69) is 18.7 Å². The Morgan fingerprint density at radius 1 is 1.27 bits per heavy atom. The predicted molar refractivity (Wildman–Crippen MR) is 65.0 cm³/mol. The van der Waals surface area contributed by atoms with E-state index in [1.807, 2.05) is 6.92 Å². The topological polar surface area (TPSA) is 23.5 Å². The van der Waals surface area contributed by atoms with Crippen molar-refractivity contribution in [2.24, 2.45) is 5.41 Å². The number of rotatable bonds is 5. The lowest BCUT2D eigenvalue weighted by molar-refractivity contribution is 0.116. The van der Waals surface area contributed by atoms with Crippen LogP contribution in [0.25, 0.3) is 0 Å². The molecule has 0 bridgehead atoms. The van der Waals surface area contributed by atoms with Crippen LogP contribution in [0, 0.1) is 5.41 Å². The molecule has 1 N–H and O–H groups in total. The molecule has 1 heterocycles. The molecule has 1 unspecified atom stereocenters. The molecular formula is C13H27NO. The van der Waals surface area contributed by atoms with Gasteiger partial charge in [-0.25, -0.2) is 0 Å². The zero-order valence-electron chi connectivity index (χ0n) is 10.6. The van der Waals surface area contributed by atoms with Gasteiger partial charge < -0.3 is 10.0 Å². The summed E-state index contributed by atoms with van der Waals surface area (Å²) in [6.45, 7) is 10.4. The maximum atomic E-state index is 9.45. The van der Waals surface area contributed by atoms with Crippen molar-refractivity contribution in [3.63, 3.8) is 0 Å². The summed E-state index contributed by atoms with van der Waals surface area (Å²) in [6, 6.07) is 0. The zero-order valence-corrected chi connectivity index (χ0v) is 10.6. The van der Waals surface area contributed by atoms with Crippen LogP contribution in [-0.2, 0) is 0 Å². The summed E-state index contributed by atoms with van der Waals surface area (Å²) in [7, 11) is 0. The normalized spacial score (nSPS) is 24.0. The van der Waals surface area contributed by atoms with Crippen LogP contribution in [0.5, 0.6) is 0 Å². The molecule has 0 spiro atoms. The molecule has 1 fully saturated rings. The summed E-state index contributed by atoms with van der Waals surface area (Å²) < 4.78 is 0. The lowest BCUT2D eigenvalue weighted by atomic mass is 9.82. The van der Waals surface area contributed by atoms with Gasteiger partial charge in [-0.15, -0.1) is 0 Å². The molecule has 1 saturated heterocycles. The maximum absolute atomic E-state index is 9.45. The molecule has 15 heavy (non-hydrogen) atoms. The fraction of sp³-hybridized carbons (Fsp3) is 1.00. The third-order valence-corrected chi connectivity index (χ3v) is 3.69. The first-order valence-electron chi connectivity index (χ1n) is 6.44. The fourth-order valence-electron chi connectivity index (χ4n) is 2.14. The number of piperidine rings is 1. The highest BCUT2D eigenvalue weighted by Gasteiger charge is 2.24. The first kappa shape index (κ1) is 13.0. The van der Waals surface area contributed by atoms with Gasteiger partial charge in [0.25, 0.3) is 0 Å². The Morgan fingerprint density at radius 2 is 1.87 bits per heavy atom. The van der Waals surface area contributed by atoms with Gasteiger partial charge in [0.05, 0.1) is 6.10 Å². The van der Waals surface area contributed by atoms with E-state index >= 15 is 0 Å². The molecule has 0 aromatic carbocycles. The minimum atomic E-state index is -0.0776. The number of aliphatic hydroxyl groups is 1. The van der Waals surface area contributed by atoms with Gasteiger partial charge in [-0.1, -0.05) is 20.8 Å². The van der Waals surface area contributed by atoms with E-state index in [0.717, 1.165) is 19.3 Å². The van der Waals surface area contributed by atoms with Gasteiger partial charge in [0, 0.05) is 0 Å². The molecule has 1 atom stereocenters. The van der Waals surface area contributed by atoms with Crippen molar-refractivity contribution in [3.8, 4) is 0 Å². The monoisotopic (exact) mass is 213 g/mol. The van der Waals surface area contributed by atoms with Gasteiger partial charge in [-0.2, -0.15) is 0 Å². The smallest absolute Gasteiger partial charge is 0.0538 e. The van der Waals surface area contributed by atoms with E-state index in [9.17, 15) is 5.11 Å². The van der Waals surface area contributed by atoms with Gasteiger partial charge in [0.1, 0.15) is 0 Å². The Balaban J connectivity index is 2.09. The van der Waals surface area contributed by atoms with E-state index in [4.69, 9.17) is 0 Å². The largest absolute Gasteiger partial charge is 0.393 e. The van der Waals surface area contributed by atoms with Crippen molar-refractivity contribution >= 4 is 0 Å². The number of hydrogen-bond donors (Lipinski definition) is 1. The first-order chi connectivity index (χ1) is 7.03. The molecule has 0 aromatic rings. The summed E-state index contributed by atoms with van der Waals surface area (Å²) in [6.07, 6.45) is 5.58. The van der Waals surface area contributed by atoms with Crippen LogP contribution in [0.3, 0.4) is 0 Å². The molecule has 1 aliphatic rings. The Hall–Kier alpha value is -0.0800. The summed E-state index contributed by atoms with van der Waals surface area (Å²) in [5.74, 6) is 0. The number of nitrogens with zero attached hydrogens (tertiary/aromatic N) is 1. The van der Waals surface area contributed by atoms with Crippen LogP contribution in [0.2, 0.25) is 0 Å². The Bertz CT molecular complexity index is 169. The quantitative estimate of drug-likeness (QED) is 0.759. The molecular weight excluding hydrogens is 186 g/mol. The zero-order chi connectivity index (χ0) is 11.3. The predicted octanol–water partition coefficient (Wildman–Crippen LogP) is 2.66. The molecule has 0 aliphatic carbocycles. The van der Waals surface area contributed by atoms with E-state index in [1.54, 1.807) is 0 Å². The number of hydrogen-bond acceptors (Lipinski definition) is 2. The Labute approximate surface area is 94.7 Å². The van der Waals surface area contributed by atoms with Crippen LogP contribution in [0.15, 0.2) is 0 Å². The SMILES string of the molecule is CCC(O)CCCN1CCC(C)(C)CC1. The minimum Gasteiger partial charge on any atom is -0.393 e.